The van der Waals surface area contributed by atoms with Crippen LogP contribution in [0.15, 0.2) is 91.8 Å². The summed E-state index contributed by atoms with van der Waals surface area (Å²) in [5.74, 6) is -1.69. The summed E-state index contributed by atoms with van der Waals surface area (Å²) in [7, 11) is -2.64. The largest absolute Gasteiger partial charge is 0.497 e. The number of rotatable bonds is 14. The molecule has 2 aliphatic carbocycles. The van der Waals surface area contributed by atoms with Crippen LogP contribution in [0, 0.1) is 11.3 Å². The molecule has 63 heavy (non-hydrogen) atoms. The number of hydrogen-bond acceptors (Lipinski definition) is 11. The first-order valence-corrected chi connectivity index (χ1v) is 22.6. The highest BCUT2D eigenvalue weighted by molar-refractivity contribution is 7.91. The first kappa shape index (κ1) is 45.0. The van der Waals surface area contributed by atoms with Gasteiger partial charge in [-0.25, -0.2) is 18.2 Å². The topological polar surface area (TPSA) is 195 Å². The fourth-order valence-corrected chi connectivity index (χ4v) is 9.80. The molecule has 2 aromatic heterocycles. The van der Waals surface area contributed by atoms with Crippen molar-refractivity contribution >= 4 is 44.7 Å². The van der Waals surface area contributed by atoms with Crippen molar-refractivity contribution in [3.63, 3.8) is 0 Å². The smallest absolute Gasteiger partial charge is 0.408 e. The Balaban J connectivity index is 1.20. The summed E-state index contributed by atoms with van der Waals surface area (Å²) in [4.78, 5) is 67.3. The zero-order valence-corrected chi connectivity index (χ0v) is 37.6. The molecule has 7 rings (SSSR count). The molecule has 1 aliphatic heterocycles. The Kier molecular flexibility index (Phi) is 12.1. The minimum Gasteiger partial charge on any atom is -0.497 e. The lowest BCUT2D eigenvalue weighted by atomic mass is 9.85. The van der Waals surface area contributed by atoms with E-state index >= 15 is 0 Å². The third-order valence-electron chi connectivity index (χ3n) is 11.9. The van der Waals surface area contributed by atoms with Crippen LogP contribution in [0.4, 0.5) is 4.79 Å². The van der Waals surface area contributed by atoms with Gasteiger partial charge >= 0.3 is 6.09 Å². The fourth-order valence-electron chi connectivity index (χ4n) is 8.17. The molecule has 1 saturated heterocycles. The number of amides is 4. The molecule has 15 nitrogen and oxygen atoms in total. The minimum absolute atomic E-state index is 0.00943. The highest BCUT2D eigenvalue weighted by Crippen LogP contribution is 2.48. The van der Waals surface area contributed by atoms with Crippen molar-refractivity contribution in [2.24, 2.45) is 11.3 Å². The van der Waals surface area contributed by atoms with Gasteiger partial charge in [0.1, 0.15) is 40.8 Å². The number of nitrogens with zero attached hydrogens (tertiary/aromatic N) is 3. The van der Waals surface area contributed by atoms with E-state index in [0.29, 0.717) is 40.9 Å². The molecule has 0 bridgehead atoms. The number of pyridine rings is 2. The number of hydrogen-bond donors (Lipinski definition) is 3. The van der Waals surface area contributed by atoms with E-state index < -0.39 is 79.2 Å². The van der Waals surface area contributed by atoms with Crippen LogP contribution in [0.1, 0.15) is 72.8 Å². The number of nitrogens with one attached hydrogen (secondary N) is 3. The molecule has 3 N–H and O–H groups in total. The van der Waals surface area contributed by atoms with Gasteiger partial charge in [0.05, 0.1) is 29.6 Å². The molecule has 3 heterocycles. The van der Waals surface area contributed by atoms with E-state index in [4.69, 9.17) is 19.2 Å². The number of carbonyl (C=O) groups excluding carboxylic acids is 4. The van der Waals surface area contributed by atoms with E-state index in [1.165, 1.54) is 11.0 Å². The molecule has 0 spiro atoms. The summed E-state index contributed by atoms with van der Waals surface area (Å²) in [6.07, 6.45) is 4.11. The van der Waals surface area contributed by atoms with E-state index in [1.807, 2.05) is 42.5 Å². The molecule has 3 aliphatic rings. The quantitative estimate of drug-likeness (QED) is 0.128. The average Bonchev–Trinajstić information content (AvgIpc) is 4.13. The summed E-state index contributed by atoms with van der Waals surface area (Å²) in [5.41, 5.74) is -0.570. The van der Waals surface area contributed by atoms with E-state index in [2.05, 4.69) is 26.9 Å². The zero-order valence-electron chi connectivity index (χ0n) is 36.8. The molecule has 2 aromatic carbocycles. The van der Waals surface area contributed by atoms with Crippen LogP contribution in [0.2, 0.25) is 0 Å². The molecule has 4 aromatic rings. The number of aromatic nitrogens is 2. The standard InChI is InChI=1S/C47H56N6O9S/c1-9-31-26-47(31,42(56)52-63(58,59)46(19-20-46)25-29-14-13-21-48-27-29)51-40(54)37-23-33(28-53(37)41(55)39(44(2,3)4)50-43(57)62-45(5,6)7)61-38-24-35(30-15-11-10-12-16-30)49-36-22-32(60-8)17-18-34(36)38/h9-18,21-22,24,27,31,33,37,39H,1,19-20,23,25-26,28H2,2-8H3,(H,50,57)(H,51,54)(H,52,56)/t31-,33+,37-,39+,47-/m0/s1. The Morgan fingerprint density at radius 3 is 2.33 bits per heavy atom. The first-order valence-electron chi connectivity index (χ1n) is 21.1. The number of methoxy groups -OCH3 is 1. The van der Waals surface area contributed by atoms with Crippen molar-refractivity contribution in [2.75, 3.05) is 13.7 Å². The van der Waals surface area contributed by atoms with Crippen LogP contribution >= 0.6 is 0 Å². The van der Waals surface area contributed by atoms with Gasteiger partial charge < -0.3 is 29.7 Å². The van der Waals surface area contributed by atoms with E-state index in [1.54, 1.807) is 85.3 Å². The monoisotopic (exact) mass is 880 g/mol. The van der Waals surface area contributed by atoms with Crippen molar-refractivity contribution in [1.29, 1.82) is 0 Å². The number of alkyl carbamates (subject to hydrolysis) is 1. The third kappa shape index (κ3) is 9.65. The predicted octanol–water partition coefficient (Wildman–Crippen LogP) is 5.88. The van der Waals surface area contributed by atoms with Gasteiger partial charge in [0, 0.05) is 47.8 Å². The lowest BCUT2D eigenvalue weighted by molar-refractivity contribution is -0.143. The Bertz CT molecular complexity index is 2520. The van der Waals surface area contributed by atoms with E-state index in [-0.39, 0.29) is 25.8 Å². The number of sulfonamides is 1. The van der Waals surface area contributed by atoms with Gasteiger partial charge in [-0.2, -0.15) is 0 Å². The highest BCUT2D eigenvalue weighted by atomic mass is 32.2. The first-order chi connectivity index (χ1) is 29.7. The Labute approximate surface area is 368 Å². The zero-order chi connectivity index (χ0) is 45.5. The van der Waals surface area contributed by atoms with Crippen molar-refractivity contribution in [2.45, 2.75) is 108 Å². The summed E-state index contributed by atoms with van der Waals surface area (Å²) in [5, 5.41) is 6.27. The van der Waals surface area contributed by atoms with Gasteiger partial charge in [-0.15, -0.1) is 6.58 Å². The van der Waals surface area contributed by atoms with Crippen LogP contribution in [-0.4, -0.2) is 94.8 Å². The van der Waals surface area contributed by atoms with Crippen LogP contribution in [0.3, 0.4) is 0 Å². The molecule has 0 radical (unpaired) electrons. The second-order valence-corrected chi connectivity index (χ2v) is 20.9. The van der Waals surface area contributed by atoms with Gasteiger partial charge in [-0.05, 0) is 75.6 Å². The van der Waals surface area contributed by atoms with Gasteiger partial charge in [-0.3, -0.25) is 24.1 Å². The van der Waals surface area contributed by atoms with E-state index in [9.17, 15) is 27.6 Å². The maximum atomic E-state index is 14.8. The molecule has 334 valence electrons. The third-order valence-corrected chi connectivity index (χ3v) is 14.0. The van der Waals surface area contributed by atoms with Crippen molar-refractivity contribution < 1.29 is 41.8 Å². The summed E-state index contributed by atoms with van der Waals surface area (Å²) < 4.78 is 46.6. The number of carbonyl (C=O) groups is 4. The lowest BCUT2D eigenvalue weighted by Gasteiger charge is -2.36. The van der Waals surface area contributed by atoms with Crippen molar-refractivity contribution in [3.8, 4) is 22.8 Å². The molecule has 3 fully saturated rings. The van der Waals surface area contributed by atoms with Crippen molar-refractivity contribution in [1.82, 2.24) is 30.2 Å². The molecule has 0 unspecified atom stereocenters. The lowest BCUT2D eigenvalue weighted by Crippen LogP contribution is -2.60. The summed E-state index contributed by atoms with van der Waals surface area (Å²) in [6, 6.07) is 17.9. The van der Waals surface area contributed by atoms with Gasteiger partial charge in [0.2, 0.25) is 21.8 Å². The normalized spacial score (nSPS) is 22.0. The van der Waals surface area contributed by atoms with Crippen LogP contribution in [-0.2, 0) is 35.6 Å². The summed E-state index contributed by atoms with van der Waals surface area (Å²) in [6.45, 7) is 14.3. The fraction of sp³-hybridized carbons (Fsp3) is 0.447. The Morgan fingerprint density at radius 2 is 1.73 bits per heavy atom. The van der Waals surface area contributed by atoms with Crippen LogP contribution < -0.4 is 24.8 Å². The van der Waals surface area contributed by atoms with Crippen LogP contribution in [0.25, 0.3) is 22.2 Å². The number of likely N-dealkylation sites (tertiary alicyclic amines) is 1. The van der Waals surface area contributed by atoms with Crippen LogP contribution in [0.5, 0.6) is 11.5 Å². The van der Waals surface area contributed by atoms with Gasteiger partial charge in [0.15, 0.2) is 0 Å². The van der Waals surface area contributed by atoms with Gasteiger partial charge in [0.25, 0.3) is 5.91 Å². The number of ether oxygens (including phenoxy) is 3. The van der Waals surface area contributed by atoms with E-state index in [0.717, 1.165) is 11.1 Å². The maximum absolute atomic E-state index is 14.8. The SMILES string of the molecule is C=C[C@H]1C[C@@]1(NC(=O)[C@@H]1C[C@@H](Oc2cc(-c3ccccc3)nc3cc(OC)ccc23)CN1C(=O)[C@@H](NC(=O)OC(C)(C)C)C(C)(C)C)C(=O)NS(=O)(=O)C1(Cc2cccnc2)CC1. The Hall–Kier alpha value is -6.03. The number of benzene rings is 2. The molecule has 5 atom stereocenters. The molecule has 16 heteroatoms. The maximum Gasteiger partial charge on any atom is 0.408 e. The number of fused-ring (bicyclic) bond motifs is 1. The Morgan fingerprint density at radius 1 is 1.00 bits per heavy atom. The van der Waals surface area contributed by atoms with Gasteiger partial charge in [-0.1, -0.05) is 63.2 Å². The molecule has 4 amide bonds. The molecular formula is C47H56N6O9S. The second kappa shape index (κ2) is 16.9. The predicted molar refractivity (Wildman–Crippen MR) is 237 cm³/mol. The average molecular weight is 881 g/mol. The molecular weight excluding hydrogens is 825 g/mol. The molecule has 2 saturated carbocycles. The highest BCUT2D eigenvalue weighted by Gasteiger charge is 2.63. The van der Waals surface area contributed by atoms with Crippen molar-refractivity contribution in [3.05, 3.63) is 97.3 Å². The second-order valence-electron chi connectivity index (χ2n) is 18.8. The minimum atomic E-state index is -4.20. The summed E-state index contributed by atoms with van der Waals surface area (Å²) >= 11 is 0.